The Morgan fingerprint density at radius 2 is 1.31 bits per heavy atom. The summed E-state index contributed by atoms with van der Waals surface area (Å²) in [6.07, 6.45) is 3.24. The van der Waals surface area contributed by atoms with Crippen molar-refractivity contribution in [3.8, 4) is 0 Å². The van der Waals surface area contributed by atoms with Crippen LogP contribution >= 0.6 is 11.8 Å². The van der Waals surface area contributed by atoms with Crippen LogP contribution in [0.25, 0.3) is 0 Å². The van der Waals surface area contributed by atoms with Crippen molar-refractivity contribution >= 4 is 23.6 Å². The van der Waals surface area contributed by atoms with Crippen molar-refractivity contribution in [3.63, 3.8) is 0 Å². The fraction of sp³-hybridized carbons (Fsp3) is 0.350. The summed E-state index contributed by atoms with van der Waals surface area (Å²) in [5.74, 6) is 0.0247. The summed E-state index contributed by atoms with van der Waals surface area (Å²) < 4.78 is 0. The molecule has 0 unspecified atom stereocenters. The van der Waals surface area contributed by atoms with E-state index in [9.17, 15) is 9.59 Å². The van der Waals surface area contributed by atoms with Crippen LogP contribution < -0.4 is 0 Å². The van der Waals surface area contributed by atoms with E-state index in [0.29, 0.717) is 42.6 Å². The van der Waals surface area contributed by atoms with Crippen molar-refractivity contribution in [1.29, 1.82) is 0 Å². The van der Waals surface area contributed by atoms with E-state index < -0.39 is 0 Å². The summed E-state index contributed by atoms with van der Waals surface area (Å²) in [5, 5.41) is 0.516. The molecule has 0 spiro atoms. The van der Waals surface area contributed by atoms with Gasteiger partial charge in [-0.15, -0.1) is 11.8 Å². The van der Waals surface area contributed by atoms with Gasteiger partial charge in [0, 0.05) is 59.8 Å². The first-order chi connectivity index (χ1) is 12.5. The zero-order chi connectivity index (χ0) is 18.5. The van der Waals surface area contributed by atoms with E-state index in [1.54, 1.807) is 41.2 Å². The second-order valence-corrected chi connectivity index (χ2v) is 8.16. The van der Waals surface area contributed by atoms with Gasteiger partial charge >= 0.3 is 0 Å². The smallest absolute Gasteiger partial charge is 0.254 e. The molecule has 0 saturated carbocycles. The molecule has 0 N–H and O–H groups in total. The molecule has 0 radical (unpaired) electrons. The molecule has 1 aromatic heterocycles. The first-order valence-corrected chi connectivity index (χ1v) is 9.68. The van der Waals surface area contributed by atoms with Crippen LogP contribution in [0.3, 0.4) is 0 Å². The number of aromatic nitrogens is 1. The number of amides is 2. The van der Waals surface area contributed by atoms with E-state index in [-0.39, 0.29) is 11.8 Å². The van der Waals surface area contributed by atoms with Gasteiger partial charge in [0.25, 0.3) is 11.8 Å². The first-order valence-electron chi connectivity index (χ1n) is 8.80. The third kappa shape index (κ3) is 4.43. The Hall–Kier alpha value is -2.34. The molecule has 0 atom stereocenters. The molecule has 6 heteroatoms. The molecule has 1 aromatic carbocycles. The Kier molecular flexibility index (Phi) is 5.93. The Labute approximate surface area is 158 Å². The molecule has 1 aliphatic heterocycles. The van der Waals surface area contributed by atoms with Crippen molar-refractivity contribution < 1.29 is 9.59 Å². The Bertz CT molecular complexity index is 754. The maximum atomic E-state index is 12.7. The van der Waals surface area contributed by atoms with Gasteiger partial charge in [0.05, 0.1) is 0 Å². The van der Waals surface area contributed by atoms with Crippen LogP contribution in [0.15, 0.2) is 53.7 Å². The Morgan fingerprint density at radius 3 is 1.77 bits per heavy atom. The van der Waals surface area contributed by atoms with E-state index in [1.165, 1.54) is 4.90 Å². The standard InChI is InChI=1S/C20H23N3O2S/c1-15(2)26-18-5-3-16(4-6-18)19(24)22-11-13-23(14-12-22)20(25)17-7-9-21-10-8-17/h3-10,15H,11-14H2,1-2H3. The monoisotopic (exact) mass is 369 g/mol. The molecule has 5 nitrogen and oxygen atoms in total. The number of hydrogen-bond acceptors (Lipinski definition) is 4. The molecule has 2 aromatic rings. The lowest BCUT2D eigenvalue weighted by atomic mass is 10.1. The zero-order valence-electron chi connectivity index (χ0n) is 15.1. The minimum absolute atomic E-state index is 0.00504. The molecule has 1 saturated heterocycles. The lowest BCUT2D eigenvalue weighted by Crippen LogP contribution is -2.50. The number of thioether (sulfide) groups is 1. The van der Waals surface area contributed by atoms with E-state index in [4.69, 9.17) is 0 Å². The normalized spacial score (nSPS) is 14.6. The third-order valence-electron chi connectivity index (χ3n) is 4.25. The van der Waals surface area contributed by atoms with Crippen LogP contribution in [0.4, 0.5) is 0 Å². The van der Waals surface area contributed by atoms with Crippen molar-refractivity contribution in [1.82, 2.24) is 14.8 Å². The summed E-state index contributed by atoms with van der Waals surface area (Å²) in [5.41, 5.74) is 1.34. The summed E-state index contributed by atoms with van der Waals surface area (Å²) in [6, 6.07) is 11.2. The highest BCUT2D eigenvalue weighted by atomic mass is 32.2. The molecule has 2 heterocycles. The molecule has 3 rings (SSSR count). The molecular weight excluding hydrogens is 346 g/mol. The van der Waals surface area contributed by atoms with Gasteiger partial charge in [0.1, 0.15) is 0 Å². The lowest BCUT2D eigenvalue weighted by molar-refractivity contribution is 0.0535. The van der Waals surface area contributed by atoms with E-state index in [2.05, 4.69) is 18.8 Å². The number of pyridine rings is 1. The van der Waals surface area contributed by atoms with E-state index in [1.807, 2.05) is 29.2 Å². The largest absolute Gasteiger partial charge is 0.335 e. The summed E-state index contributed by atoms with van der Waals surface area (Å²) in [4.78, 5) is 33.9. The highest BCUT2D eigenvalue weighted by Gasteiger charge is 2.25. The summed E-state index contributed by atoms with van der Waals surface area (Å²) in [7, 11) is 0. The molecule has 0 bridgehead atoms. The molecule has 1 aliphatic rings. The number of benzene rings is 1. The zero-order valence-corrected chi connectivity index (χ0v) is 15.9. The van der Waals surface area contributed by atoms with Gasteiger partial charge < -0.3 is 9.80 Å². The Balaban J connectivity index is 1.57. The fourth-order valence-electron chi connectivity index (χ4n) is 2.92. The number of nitrogens with zero attached hydrogens (tertiary/aromatic N) is 3. The fourth-order valence-corrected chi connectivity index (χ4v) is 3.76. The molecule has 136 valence electrons. The van der Waals surface area contributed by atoms with Crippen LogP contribution in [0.5, 0.6) is 0 Å². The van der Waals surface area contributed by atoms with Crippen LogP contribution in [0, 0.1) is 0 Å². The number of piperazine rings is 1. The van der Waals surface area contributed by atoms with Crippen LogP contribution in [-0.2, 0) is 0 Å². The summed E-state index contributed by atoms with van der Waals surface area (Å²) in [6.45, 7) is 6.51. The van der Waals surface area contributed by atoms with Crippen molar-refractivity contribution in [3.05, 3.63) is 59.9 Å². The SMILES string of the molecule is CC(C)Sc1ccc(C(=O)N2CCN(C(=O)c3ccncc3)CC2)cc1. The number of carbonyl (C=O) groups excluding carboxylic acids is 2. The quantitative estimate of drug-likeness (QED) is 0.777. The minimum atomic E-state index is -0.00504. The van der Waals surface area contributed by atoms with Gasteiger partial charge in [-0.3, -0.25) is 14.6 Å². The maximum Gasteiger partial charge on any atom is 0.254 e. The van der Waals surface area contributed by atoms with Crippen LogP contribution in [0.1, 0.15) is 34.6 Å². The lowest BCUT2D eigenvalue weighted by Gasteiger charge is -2.34. The second kappa shape index (κ2) is 8.36. The average molecular weight is 369 g/mol. The van der Waals surface area contributed by atoms with Crippen molar-refractivity contribution in [2.75, 3.05) is 26.2 Å². The molecule has 26 heavy (non-hydrogen) atoms. The average Bonchev–Trinajstić information content (AvgIpc) is 2.68. The minimum Gasteiger partial charge on any atom is -0.335 e. The van der Waals surface area contributed by atoms with Gasteiger partial charge in [0.2, 0.25) is 0 Å². The van der Waals surface area contributed by atoms with Crippen molar-refractivity contribution in [2.24, 2.45) is 0 Å². The van der Waals surface area contributed by atoms with Gasteiger partial charge in [0.15, 0.2) is 0 Å². The molecule has 1 fully saturated rings. The first kappa shape index (κ1) is 18.5. The summed E-state index contributed by atoms with van der Waals surface area (Å²) >= 11 is 1.78. The highest BCUT2D eigenvalue weighted by molar-refractivity contribution is 7.99. The van der Waals surface area contributed by atoms with Gasteiger partial charge in [-0.25, -0.2) is 0 Å². The van der Waals surface area contributed by atoms with Crippen molar-refractivity contribution in [2.45, 2.75) is 24.0 Å². The maximum absolute atomic E-state index is 12.7. The molecular formula is C20H23N3O2S. The van der Waals surface area contributed by atoms with Gasteiger partial charge in [-0.2, -0.15) is 0 Å². The van der Waals surface area contributed by atoms with Gasteiger partial charge in [-0.1, -0.05) is 13.8 Å². The predicted octanol–water partition coefficient (Wildman–Crippen LogP) is 3.18. The molecule has 0 aliphatic carbocycles. The van der Waals surface area contributed by atoms with Gasteiger partial charge in [-0.05, 0) is 36.4 Å². The van der Waals surface area contributed by atoms with E-state index in [0.717, 1.165) is 0 Å². The van der Waals surface area contributed by atoms with E-state index >= 15 is 0 Å². The predicted molar refractivity (Wildman–Crippen MR) is 103 cm³/mol. The second-order valence-electron chi connectivity index (χ2n) is 6.51. The van der Waals surface area contributed by atoms with Crippen LogP contribution in [0.2, 0.25) is 0 Å². The number of rotatable bonds is 4. The number of hydrogen-bond donors (Lipinski definition) is 0. The molecule has 2 amide bonds. The van der Waals surface area contributed by atoms with Crippen LogP contribution in [-0.4, -0.2) is 58.0 Å². The number of carbonyl (C=O) groups is 2. The highest BCUT2D eigenvalue weighted by Crippen LogP contribution is 2.23. The Morgan fingerprint density at radius 1 is 0.846 bits per heavy atom. The third-order valence-corrected chi connectivity index (χ3v) is 5.27. The topological polar surface area (TPSA) is 53.5 Å².